The molecule has 0 saturated carbocycles. The van der Waals surface area contributed by atoms with Crippen molar-refractivity contribution in [2.24, 2.45) is 0 Å². The minimum atomic E-state index is 0.587. The van der Waals surface area contributed by atoms with Gasteiger partial charge in [-0.15, -0.1) is 11.8 Å². The Labute approximate surface area is 86.1 Å². The lowest BCUT2D eigenvalue weighted by molar-refractivity contribution is 1.13. The lowest BCUT2D eigenvalue weighted by Crippen LogP contribution is -1.90. The fraction of sp³-hybridized carbons (Fsp3) is 0.222. The molecule has 1 aliphatic rings. The number of rotatable bonds is 1. The summed E-state index contributed by atoms with van der Waals surface area (Å²) in [6, 6.07) is 10.6. The Bertz CT molecular complexity index is 281. The maximum atomic E-state index is 5.12. The number of benzene rings is 1. The predicted molar refractivity (Wildman–Crippen MR) is 61.8 cm³/mol. The van der Waals surface area contributed by atoms with E-state index in [4.69, 9.17) is 12.2 Å². The smallest absolute Gasteiger partial charge is 0.104 e. The first-order valence-corrected chi connectivity index (χ1v) is 6.02. The highest BCUT2D eigenvalue weighted by Crippen LogP contribution is 2.43. The van der Waals surface area contributed by atoms with Crippen LogP contribution >= 0.6 is 35.7 Å². The number of thioether (sulfide) groups is 2. The zero-order valence-electron chi connectivity index (χ0n) is 6.40. The van der Waals surface area contributed by atoms with Gasteiger partial charge in [-0.3, -0.25) is 0 Å². The van der Waals surface area contributed by atoms with E-state index in [0.717, 1.165) is 9.28 Å². The van der Waals surface area contributed by atoms with Crippen LogP contribution < -0.4 is 0 Å². The van der Waals surface area contributed by atoms with E-state index in [1.807, 2.05) is 11.8 Å². The van der Waals surface area contributed by atoms with Gasteiger partial charge in [0.05, 0.1) is 0 Å². The van der Waals surface area contributed by atoms with E-state index >= 15 is 0 Å². The highest BCUT2D eigenvalue weighted by Gasteiger charge is 2.21. The molecule has 1 atom stereocenters. The lowest BCUT2D eigenvalue weighted by Gasteiger charge is -2.05. The van der Waals surface area contributed by atoms with Crippen LogP contribution in [0, 0.1) is 0 Å². The molecular weight excluding hydrogens is 204 g/mol. The van der Waals surface area contributed by atoms with Gasteiger partial charge >= 0.3 is 0 Å². The molecule has 0 nitrogen and oxygen atoms in total. The maximum absolute atomic E-state index is 5.12. The molecule has 1 aromatic rings. The van der Waals surface area contributed by atoms with Crippen LogP contribution in [0.4, 0.5) is 0 Å². The van der Waals surface area contributed by atoms with Crippen LogP contribution in [-0.4, -0.2) is 9.28 Å². The Kier molecular flexibility index (Phi) is 2.73. The highest BCUT2D eigenvalue weighted by molar-refractivity contribution is 8.49. The van der Waals surface area contributed by atoms with E-state index in [-0.39, 0.29) is 0 Å². The summed E-state index contributed by atoms with van der Waals surface area (Å²) in [6.07, 6.45) is 0. The van der Waals surface area contributed by atoms with Crippen molar-refractivity contribution in [2.75, 3.05) is 5.75 Å². The molecule has 0 amide bonds. The minimum absolute atomic E-state index is 0.587. The summed E-state index contributed by atoms with van der Waals surface area (Å²) >= 11 is 8.73. The summed E-state index contributed by atoms with van der Waals surface area (Å²) in [7, 11) is 0. The molecule has 1 heterocycles. The summed E-state index contributed by atoms with van der Waals surface area (Å²) < 4.78 is 1.09. The van der Waals surface area contributed by atoms with Gasteiger partial charge in [0.25, 0.3) is 0 Å². The van der Waals surface area contributed by atoms with Crippen molar-refractivity contribution in [1.82, 2.24) is 0 Å². The maximum Gasteiger partial charge on any atom is 0.104 e. The highest BCUT2D eigenvalue weighted by atomic mass is 32.2. The van der Waals surface area contributed by atoms with Crippen molar-refractivity contribution in [2.45, 2.75) is 5.25 Å². The van der Waals surface area contributed by atoms with E-state index in [1.54, 1.807) is 11.8 Å². The van der Waals surface area contributed by atoms with Gasteiger partial charge in [0.1, 0.15) is 3.53 Å². The molecule has 1 aromatic carbocycles. The molecular formula is C9H8S3. The average Bonchev–Trinajstić information content (AvgIpc) is 2.54. The Hall–Kier alpha value is 0.01000. The first-order valence-electron chi connectivity index (χ1n) is 3.74. The van der Waals surface area contributed by atoms with Gasteiger partial charge < -0.3 is 0 Å². The molecule has 62 valence electrons. The van der Waals surface area contributed by atoms with Gasteiger partial charge in [-0.05, 0) is 5.56 Å². The van der Waals surface area contributed by atoms with Gasteiger partial charge in [-0.25, -0.2) is 0 Å². The molecule has 0 radical (unpaired) electrons. The quantitative estimate of drug-likeness (QED) is 0.654. The molecule has 0 bridgehead atoms. The molecule has 1 saturated heterocycles. The van der Waals surface area contributed by atoms with Gasteiger partial charge in [-0.2, -0.15) is 0 Å². The van der Waals surface area contributed by atoms with Crippen molar-refractivity contribution < 1.29 is 0 Å². The molecule has 1 aliphatic heterocycles. The average molecular weight is 212 g/mol. The molecule has 1 fully saturated rings. The lowest BCUT2D eigenvalue weighted by atomic mass is 10.2. The van der Waals surface area contributed by atoms with Crippen LogP contribution in [-0.2, 0) is 0 Å². The molecule has 0 N–H and O–H groups in total. The third-order valence-corrected chi connectivity index (χ3v) is 4.91. The van der Waals surface area contributed by atoms with E-state index in [0.29, 0.717) is 5.25 Å². The number of hydrogen-bond acceptors (Lipinski definition) is 3. The van der Waals surface area contributed by atoms with E-state index in [2.05, 4.69) is 30.3 Å². The monoisotopic (exact) mass is 212 g/mol. The summed E-state index contributed by atoms with van der Waals surface area (Å²) in [5, 5.41) is 0.587. The van der Waals surface area contributed by atoms with E-state index in [1.165, 1.54) is 5.56 Å². The van der Waals surface area contributed by atoms with Crippen LogP contribution in [0.2, 0.25) is 0 Å². The van der Waals surface area contributed by atoms with Gasteiger partial charge in [0.15, 0.2) is 0 Å². The molecule has 0 unspecified atom stereocenters. The van der Waals surface area contributed by atoms with Crippen LogP contribution in [0.1, 0.15) is 10.8 Å². The van der Waals surface area contributed by atoms with E-state index < -0.39 is 0 Å². The number of hydrogen-bond donors (Lipinski definition) is 0. The van der Waals surface area contributed by atoms with Crippen molar-refractivity contribution in [3.8, 4) is 0 Å². The van der Waals surface area contributed by atoms with Crippen molar-refractivity contribution >= 4 is 39.3 Å². The fourth-order valence-corrected chi connectivity index (χ4v) is 4.02. The minimum Gasteiger partial charge on any atom is -0.106 e. The molecule has 12 heavy (non-hydrogen) atoms. The molecule has 0 spiro atoms. The summed E-state index contributed by atoms with van der Waals surface area (Å²) in [4.78, 5) is 0. The zero-order chi connectivity index (χ0) is 8.39. The van der Waals surface area contributed by atoms with Crippen LogP contribution in [0.15, 0.2) is 30.3 Å². The normalized spacial score (nSPS) is 23.0. The third-order valence-electron chi connectivity index (χ3n) is 1.76. The standard InChI is InChI=1S/C9H8S3/c10-9-11-6-8(12-9)7-4-2-1-3-5-7/h1-5,8H,6H2/t8-/m0/s1. The zero-order valence-corrected chi connectivity index (χ0v) is 8.85. The second kappa shape index (κ2) is 3.81. The number of thiocarbonyl (C=S) groups is 1. The van der Waals surface area contributed by atoms with Crippen molar-refractivity contribution in [3.63, 3.8) is 0 Å². The van der Waals surface area contributed by atoms with Crippen molar-refractivity contribution in [3.05, 3.63) is 35.9 Å². The van der Waals surface area contributed by atoms with Crippen LogP contribution in [0.5, 0.6) is 0 Å². The van der Waals surface area contributed by atoms with Crippen molar-refractivity contribution in [1.29, 1.82) is 0 Å². The molecule has 0 aliphatic carbocycles. The fourth-order valence-electron chi connectivity index (χ4n) is 1.16. The Balaban J connectivity index is 2.16. The van der Waals surface area contributed by atoms with E-state index in [9.17, 15) is 0 Å². The topological polar surface area (TPSA) is 0 Å². The molecule has 3 heteroatoms. The first kappa shape index (κ1) is 8.60. The van der Waals surface area contributed by atoms with Gasteiger partial charge in [0, 0.05) is 11.0 Å². The van der Waals surface area contributed by atoms with Gasteiger partial charge in [-0.1, -0.05) is 54.3 Å². The second-order valence-electron chi connectivity index (χ2n) is 2.58. The molecule has 2 rings (SSSR count). The largest absolute Gasteiger partial charge is 0.106 e. The SMILES string of the molecule is S=C1SC[C@@H](c2ccccc2)S1. The van der Waals surface area contributed by atoms with Gasteiger partial charge in [0.2, 0.25) is 0 Å². The Morgan fingerprint density at radius 2 is 2.00 bits per heavy atom. The molecule has 0 aromatic heterocycles. The van der Waals surface area contributed by atoms with Crippen LogP contribution in [0.25, 0.3) is 0 Å². The first-order chi connectivity index (χ1) is 5.86. The third kappa shape index (κ3) is 1.84. The Morgan fingerprint density at radius 1 is 1.25 bits per heavy atom. The summed E-state index contributed by atoms with van der Waals surface area (Å²) in [5.41, 5.74) is 1.40. The Morgan fingerprint density at radius 3 is 2.58 bits per heavy atom. The second-order valence-corrected chi connectivity index (χ2v) is 6.00. The predicted octanol–water partition coefficient (Wildman–Crippen LogP) is 3.49. The summed E-state index contributed by atoms with van der Waals surface area (Å²) in [5.74, 6) is 1.13. The summed E-state index contributed by atoms with van der Waals surface area (Å²) in [6.45, 7) is 0. The van der Waals surface area contributed by atoms with Crippen LogP contribution in [0.3, 0.4) is 0 Å².